The molecule has 0 saturated heterocycles. The Morgan fingerprint density at radius 2 is 1.70 bits per heavy atom. The van der Waals surface area contributed by atoms with Crippen molar-refractivity contribution >= 4 is 22.6 Å². The number of aromatic nitrogens is 1. The minimum absolute atomic E-state index is 0.0754. The molecule has 0 aliphatic rings. The SMILES string of the molecule is CCCCCCCCCC(=O)CNC(=O)c1c(O)c2ccccc2[nH]c1=O. The number of carbonyl (C=O) groups is 2. The van der Waals surface area contributed by atoms with Crippen molar-refractivity contribution in [2.45, 2.75) is 58.3 Å². The molecule has 1 aromatic heterocycles. The molecule has 0 radical (unpaired) electrons. The predicted octanol–water partition coefficient (Wildman–Crippen LogP) is 3.67. The van der Waals surface area contributed by atoms with Crippen LogP contribution in [0.25, 0.3) is 10.9 Å². The number of nitrogens with one attached hydrogen (secondary N) is 2. The molecule has 0 saturated carbocycles. The molecule has 0 fully saturated rings. The first-order valence-corrected chi connectivity index (χ1v) is 9.68. The molecule has 0 atom stereocenters. The Morgan fingerprint density at radius 3 is 2.44 bits per heavy atom. The van der Waals surface area contributed by atoms with Gasteiger partial charge < -0.3 is 15.4 Å². The van der Waals surface area contributed by atoms with Gasteiger partial charge in [-0.3, -0.25) is 14.4 Å². The maximum Gasteiger partial charge on any atom is 0.265 e. The maximum atomic E-state index is 12.3. The second-order valence-corrected chi connectivity index (χ2v) is 6.82. The molecule has 27 heavy (non-hydrogen) atoms. The number of amides is 1. The molecule has 1 heterocycles. The minimum Gasteiger partial charge on any atom is -0.506 e. The molecule has 146 valence electrons. The van der Waals surface area contributed by atoms with Crippen LogP contribution in [0.15, 0.2) is 29.1 Å². The Labute approximate surface area is 159 Å². The molecule has 2 aromatic rings. The molecule has 3 N–H and O–H groups in total. The summed E-state index contributed by atoms with van der Waals surface area (Å²) in [5, 5.41) is 13.1. The van der Waals surface area contributed by atoms with Gasteiger partial charge in [0.15, 0.2) is 5.78 Å². The Balaban J connectivity index is 1.83. The largest absolute Gasteiger partial charge is 0.506 e. The van der Waals surface area contributed by atoms with Crippen LogP contribution in [0.4, 0.5) is 0 Å². The number of ketones is 1. The number of benzene rings is 1. The summed E-state index contributed by atoms with van der Waals surface area (Å²) in [7, 11) is 0. The molecule has 0 aliphatic heterocycles. The summed E-state index contributed by atoms with van der Waals surface area (Å²) < 4.78 is 0. The fourth-order valence-corrected chi connectivity index (χ4v) is 3.07. The van der Waals surface area contributed by atoms with Crippen molar-refractivity contribution in [3.63, 3.8) is 0 Å². The number of hydrogen-bond donors (Lipinski definition) is 3. The van der Waals surface area contributed by atoms with Gasteiger partial charge >= 0.3 is 0 Å². The molecular weight excluding hydrogens is 344 g/mol. The van der Waals surface area contributed by atoms with E-state index in [2.05, 4.69) is 17.2 Å². The Kier molecular flexibility index (Phi) is 8.04. The summed E-state index contributed by atoms with van der Waals surface area (Å²) in [6.07, 6.45) is 8.26. The van der Waals surface area contributed by atoms with Crippen LogP contribution in [0.2, 0.25) is 0 Å². The predicted molar refractivity (Wildman–Crippen MR) is 106 cm³/mol. The molecule has 0 unspecified atom stereocenters. The summed E-state index contributed by atoms with van der Waals surface area (Å²) in [4.78, 5) is 38.9. The van der Waals surface area contributed by atoms with Crippen molar-refractivity contribution in [3.8, 4) is 5.75 Å². The number of hydrogen-bond acceptors (Lipinski definition) is 4. The number of aromatic hydroxyl groups is 1. The van der Waals surface area contributed by atoms with E-state index in [9.17, 15) is 19.5 Å². The number of fused-ring (bicyclic) bond motifs is 1. The van der Waals surface area contributed by atoms with Crippen LogP contribution in [0.3, 0.4) is 0 Å². The van der Waals surface area contributed by atoms with Gasteiger partial charge in [0.05, 0.1) is 12.1 Å². The third kappa shape index (κ3) is 5.94. The van der Waals surface area contributed by atoms with Gasteiger partial charge in [-0.1, -0.05) is 57.6 Å². The zero-order valence-corrected chi connectivity index (χ0v) is 15.8. The third-order valence-corrected chi connectivity index (χ3v) is 4.63. The maximum absolute atomic E-state index is 12.3. The second-order valence-electron chi connectivity index (χ2n) is 6.82. The standard InChI is InChI=1S/C21H28N2O4/c1-2-3-4-5-6-7-8-11-15(24)14-22-20(26)18-19(25)16-12-9-10-13-17(16)23-21(18)27/h9-10,12-13H,2-8,11,14H2,1H3,(H,22,26)(H2,23,25,27). The fraction of sp³-hybridized carbons (Fsp3) is 0.476. The van der Waals surface area contributed by atoms with Crippen LogP contribution in [0.1, 0.15) is 68.6 Å². The van der Waals surface area contributed by atoms with Crippen molar-refractivity contribution < 1.29 is 14.7 Å². The van der Waals surface area contributed by atoms with E-state index >= 15 is 0 Å². The average molecular weight is 372 g/mol. The van der Waals surface area contributed by atoms with Crippen LogP contribution in [0, 0.1) is 0 Å². The van der Waals surface area contributed by atoms with Gasteiger partial charge in [0.2, 0.25) is 0 Å². The van der Waals surface area contributed by atoms with E-state index in [1.807, 2.05) is 0 Å². The molecule has 1 amide bonds. The highest BCUT2D eigenvalue weighted by Gasteiger charge is 2.19. The van der Waals surface area contributed by atoms with Crippen LogP contribution in [-0.4, -0.2) is 28.3 Å². The number of unbranched alkanes of at least 4 members (excludes halogenated alkanes) is 6. The average Bonchev–Trinajstić information content (AvgIpc) is 2.65. The summed E-state index contributed by atoms with van der Waals surface area (Å²) >= 11 is 0. The fourth-order valence-electron chi connectivity index (χ4n) is 3.07. The normalized spacial score (nSPS) is 10.9. The van der Waals surface area contributed by atoms with Crippen molar-refractivity contribution in [1.82, 2.24) is 10.3 Å². The quantitative estimate of drug-likeness (QED) is 0.524. The lowest BCUT2D eigenvalue weighted by atomic mass is 10.1. The second kappa shape index (κ2) is 10.5. The van der Waals surface area contributed by atoms with Crippen LogP contribution in [0.5, 0.6) is 5.75 Å². The number of carbonyl (C=O) groups excluding carboxylic acids is 2. The lowest BCUT2D eigenvalue weighted by molar-refractivity contribution is -0.118. The molecule has 1 aromatic carbocycles. The topological polar surface area (TPSA) is 99.3 Å². The number of Topliss-reactive ketones (excluding diaryl/α,β-unsaturated/α-hetero) is 1. The number of rotatable bonds is 11. The lowest BCUT2D eigenvalue weighted by Gasteiger charge is -2.08. The van der Waals surface area contributed by atoms with Crippen LogP contribution in [-0.2, 0) is 4.79 Å². The monoisotopic (exact) mass is 372 g/mol. The molecule has 0 spiro atoms. The first kappa shape index (κ1) is 20.7. The van der Waals surface area contributed by atoms with E-state index in [0.29, 0.717) is 17.3 Å². The summed E-state index contributed by atoms with van der Waals surface area (Å²) in [5.74, 6) is -1.19. The number of para-hydroxylation sites is 1. The first-order valence-electron chi connectivity index (χ1n) is 9.68. The van der Waals surface area contributed by atoms with Gasteiger partial charge in [-0.15, -0.1) is 0 Å². The number of H-pyrrole nitrogens is 1. The Morgan fingerprint density at radius 1 is 1.04 bits per heavy atom. The van der Waals surface area contributed by atoms with Crippen LogP contribution < -0.4 is 10.9 Å². The molecule has 0 bridgehead atoms. The molecule has 2 rings (SSSR count). The van der Waals surface area contributed by atoms with Gasteiger partial charge in [-0.2, -0.15) is 0 Å². The zero-order valence-electron chi connectivity index (χ0n) is 15.8. The highest BCUT2D eigenvalue weighted by molar-refractivity contribution is 6.03. The van der Waals surface area contributed by atoms with Crippen molar-refractivity contribution in [2.24, 2.45) is 0 Å². The summed E-state index contributed by atoms with van der Waals surface area (Å²) in [6, 6.07) is 6.68. The molecule has 0 aliphatic carbocycles. The number of pyridine rings is 1. The van der Waals surface area contributed by atoms with Gasteiger partial charge in [-0.05, 0) is 18.6 Å². The lowest BCUT2D eigenvalue weighted by Crippen LogP contribution is -2.33. The summed E-state index contributed by atoms with van der Waals surface area (Å²) in [6.45, 7) is 2.04. The van der Waals surface area contributed by atoms with Crippen LogP contribution >= 0.6 is 0 Å². The first-order chi connectivity index (χ1) is 13.0. The van der Waals surface area contributed by atoms with E-state index in [1.165, 1.54) is 25.7 Å². The summed E-state index contributed by atoms with van der Waals surface area (Å²) in [5.41, 5.74) is -0.591. The van der Waals surface area contributed by atoms with E-state index < -0.39 is 11.5 Å². The van der Waals surface area contributed by atoms with Crippen molar-refractivity contribution in [1.29, 1.82) is 0 Å². The number of aromatic amines is 1. The zero-order chi connectivity index (χ0) is 19.6. The molecular formula is C21H28N2O4. The van der Waals surface area contributed by atoms with E-state index in [-0.39, 0.29) is 23.6 Å². The third-order valence-electron chi connectivity index (χ3n) is 4.63. The van der Waals surface area contributed by atoms with E-state index in [1.54, 1.807) is 24.3 Å². The highest BCUT2D eigenvalue weighted by Crippen LogP contribution is 2.24. The van der Waals surface area contributed by atoms with Gasteiger partial charge in [0.1, 0.15) is 11.3 Å². The van der Waals surface area contributed by atoms with Gasteiger partial charge in [-0.25, -0.2) is 0 Å². The van der Waals surface area contributed by atoms with Crippen molar-refractivity contribution in [3.05, 3.63) is 40.2 Å². The van der Waals surface area contributed by atoms with Crippen molar-refractivity contribution in [2.75, 3.05) is 6.54 Å². The smallest absolute Gasteiger partial charge is 0.265 e. The Bertz CT molecular complexity index is 842. The van der Waals surface area contributed by atoms with E-state index in [0.717, 1.165) is 19.3 Å². The van der Waals surface area contributed by atoms with Gasteiger partial charge in [0, 0.05) is 11.8 Å². The Hall–Kier alpha value is -2.63. The molecule has 6 heteroatoms. The minimum atomic E-state index is -0.743. The highest BCUT2D eigenvalue weighted by atomic mass is 16.3. The van der Waals surface area contributed by atoms with Gasteiger partial charge in [0.25, 0.3) is 11.5 Å². The van der Waals surface area contributed by atoms with E-state index in [4.69, 9.17) is 0 Å². The molecule has 6 nitrogen and oxygen atoms in total.